The van der Waals surface area contributed by atoms with E-state index in [0.717, 1.165) is 53.4 Å². The molecular formula is C23H28N4O2. The summed E-state index contributed by atoms with van der Waals surface area (Å²) in [5.41, 5.74) is 5.58. The Hall–Kier alpha value is -2.76. The van der Waals surface area contributed by atoms with Gasteiger partial charge >= 0.3 is 0 Å². The van der Waals surface area contributed by atoms with Crippen molar-refractivity contribution in [2.24, 2.45) is 16.0 Å². The zero-order valence-electron chi connectivity index (χ0n) is 17.6. The molecule has 1 aliphatic carbocycles. The molecule has 0 amide bonds. The van der Waals surface area contributed by atoms with Gasteiger partial charge in [0.05, 0.1) is 24.3 Å². The van der Waals surface area contributed by atoms with E-state index in [1.165, 1.54) is 24.0 Å². The standard InChI is InChI=1S/C23H28N4O2/c1-5-26(11-16-6-7-16)23-19-12-29-13-20(19)24-22-21(15(3)25-27(22)23)18-9-8-17(28-4)10-14(18)2/h8-10,13,16,21H,5-7,11-12H2,1-4H3. The van der Waals surface area contributed by atoms with Gasteiger partial charge in [0, 0.05) is 13.1 Å². The van der Waals surface area contributed by atoms with Gasteiger partial charge in [-0.25, -0.2) is 10.0 Å². The molecule has 6 heteroatoms. The van der Waals surface area contributed by atoms with Crippen LogP contribution in [0.5, 0.6) is 5.75 Å². The van der Waals surface area contributed by atoms with Crippen molar-refractivity contribution in [1.82, 2.24) is 9.91 Å². The molecule has 29 heavy (non-hydrogen) atoms. The van der Waals surface area contributed by atoms with Gasteiger partial charge in [-0.2, -0.15) is 5.10 Å². The van der Waals surface area contributed by atoms with Gasteiger partial charge in [0.2, 0.25) is 0 Å². The van der Waals surface area contributed by atoms with Crippen molar-refractivity contribution in [2.75, 3.05) is 26.8 Å². The number of aryl methyl sites for hydroxylation is 1. The quantitative estimate of drug-likeness (QED) is 0.734. The molecule has 1 aromatic rings. The number of hydrazone groups is 1. The van der Waals surface area contributed by atoms with Crippen LogP contribution in [0.4, 0.5) is 0 Å². The highest BCUT2D eigenvalue weighted by molar-refractivity contribution is 6.15. The summed E-state index contributed by atoms with van der Waals surface area (Å²) in [6.45, 7) is 9.05. The molecule has 0 N–H and O–H groups in total. The SMILES string of the molecule is CCN(CC1CC1)C1=C2COC=C2N=C2C(c3ccc(OC)cc3C)C(C)=NN21. The van der Waals surface area contributed by atoms with E-state index in [4.69, 9.17) is 19.6 Å². The molecule has 1 unspecified atom stereocenters. The lowest BCUT2D eigenvalue weighted by Crippen LogP contribution is -2.40. The largest absolute Gasteiger partial charge is 0.497 e. The second-order valence-electron chi connectivity index (χ2n) is 8.28. The predicted octanol–water partition coefficient (Wildman–Crippen LogP) is 4.01. The topological polar surface area (TPSA) is 49.7 Å². The second-order valence-corrected chi connectivity index (χ2v) is 8.28. The van der Waals surface area contributed by atoms with Crippen LogP contribution in [0.3, 0.4) is 0 Å². The number of benzene rings is 1. The average Bonchev–Trinajstić information content (AvgIpc) is 3.32. The van der Waals surface area contributed by atoms with E-state index in [1.54, 1.807) is 13.4 Å². The third-order valence-corrected chi connectivity index (χ3v) is 6.23. The lowest BCUT2D eigenvalue weighted by Gasteiger charge is -2.35. The second kappa shape index (κ2) is 6.94. The van der Waals surface area contributed by atoms with E-state index < -0.39 is 0 Å². The third-order valence-electron chi connectivity index (χ3n) is 6.23. The molecule has 1 aromatic carbocycles. The molecule has 0 aromatic heterocycles. The molecule has 152 valence electrons. The molecule has 0 saturated heterocycles. The van der Waals surface area contributed by atoms with Crippen LogP contribution in [-0.4, -0.2) is 48.3 Å². The summed E-state index contributed by atoms with van der Waals surface area (Å²) in [7, 11) is 1.70. The van der Waals surface area contributed by atoms with Gasteiger partial charge in [-0.15, -0.1) is 0 Å². The zero-order valence-corrected chi connectivity index (χ0v) is 17.6. The highest BCUT2D eigenvalue weighted by atomic mass is 16.5. The van der Waals surface area contributed by atoms with Gasteiger partial charge in [-0.3, -0.25) is 0 Å². The Bertz CT molecular complexity index is 971. The van der Waals surface area contributed by atoms with E-state index >= 15 is 0 Å². The van der Waals surface area contributed by atoms with Crippen LogP contribution in [0.25, 0.3) is 0 Å². The number of fused-ring (bicyclic) bond motifs is 2. The summed E-state index contributed by atoms with van der Waals surface area (Å²) in [6.07, 6.45) is 4.46. The number of aliphatic imine (C=N–C) groups is 1. The number of ether oxygens (including phenoxy) is 2. The molecule has 6 nitrogen and oxygen atoms in total. The fourth-order valence-corrected chi connectivity index (χ4v) is 4.48. The van der Waals surface area contributed by atoms with Crippen molar-refractivity contribution in [3.63, 3.8) is 0 Å². The predicted molar refractivity (Wildman–Crippen MR) is 114 cm³/mol. The highest BCUT2D eigenvalue weighted by Crippen LogP contribution is 2.42. The van der Waals surface area contributed by atoms with E-state index in [1.807, 2.05) is 6.07 Å². The maximum atomic E-state index is 5.68. The molecule has 1 fully saturated rings. The Kier molecular flexibility index (Phi) is 4.37. The summed E-state index contributed by atoms with van der Waals surface area (Å²) in [5.74, 6) is 3.84. The van der Waals surface area contributed by atoms with Gasteiger partial charge in [0.15, 0.2) is 0 Å². The van der Waals surface area contributed by atoms with Gasteiger partial charge in [0.25, 0.3) is 0 Å². The average molecular weight is 393 g/mol. The van der Waals surface area contributed by atoms with E-state index in [-0.39, 0.29) is 5.92 Å². The fraction of sp³-hybridized carbons (Fsp3) is 0.478. The smallest absolute Gasteiger partial charge is 0.146 e. The molecule has 0 radical (unpaired) electrons. The first-order valence-corrected chi connectivity index (χ1v) is 10.5. The van der Waals surface area contributed by atoms with Crippen molar-refractivity contribution in [1.29, 1.82) is 0 Å². The number of methoxy groups -OCH3 is 1. The molecule has 3 heterocycles. The minimum absolute atomic E-state index is 0.0404. The normalized spacial score (nSPS) is 22.6. The van der Waals surface area contributed by atoms with Gasteiger partial charge < -0.3 is 14.4 Å². The summed E-state index contributed by atoms with van der Waals surface area (Å²) in [5, 5.41) is 7.08. The lowest BCUT2D eigenvalue weighted by molar-refractivity contribution is 0.253. The zero-order chi connectivity index (χ0) is 20.1. The van der Waals surface area contributed by atoms with Crippen LogP contribution in [0.1, 0.15) is 43.7 Å². The number of hydrogen-bond donors (Lipinski definition) is 0. The lowest BCUT2D eigenvalue weighted by atomic mass is 9.90. The van der Waals surface area contributed by atoms with E-state index in [2.05, 4.69) is 42.8 Å². The summed E-state index contributed by atoms with van der Waals surface area (Å²) >= 11 is 0. The molecule has 5 rings (SSSR count). The summed E-state index contributed by atoms with van der Waals surface area (Å²) in [4.78, 5) is 7.47. The van der Waals surface area contributed by atoms with Crippen LogP contribution in [0.2, 0.25) is 0 Å². The maximum absolute atomic E-state index is 5.68. The summed E-state index contributed by atoms with van der Waals surface area (Å²) < 4.78 is 11.1. The molecule has 3 aliphatic heterocycles. The Labute approximate surface area is 172 Å². The van der Waals surface area contributed by atoms with Crippen molar-refractivity contribution in [3.05, 3.63) is 52.7 Å². The van der Waals surface area contributed by atoms with Crippen LogP contribution in [0, 0.1) is 12.8 Å². The van der Waals surface area contributed by atoms with Crippen molar-refractivity contribution >= 4 is 11.5 Å². The monoisotopic (exact) mass is 392 g/mol. The molecule has 1 atom stereocenters. The number of nitrogens with zero attached hydrogens (tertiary/aromatic N) is 4. The van der Waals surface area contributed by atoms with Crippen molar-refractivity contribution in [3.8, 4) is 5.75 Å². The molecule has 4 aliphatic rings. The first-order valence-electron chi connectivity index (χ1n) is 10.5. The maximum Gasteiger partial charge on any atom is 0.146 e. The Morgan fingerprint density at radius 2 is 2.10 bits per heavy atom. The first-order chi connectivity index (χ1) is 14.1. The summed E-state index contributed by atoms with van der Waals surface area (Å²) in [6, 6.07) is 6.25. The van der Waals surface area contributed by atoms with Crippen LogP contribution in [0.15, 0.2) is 51.6 Å². The van der Waals surface area contributed by atoms with Gasteiger partial charge in [0.1, 0.15) is 36.0 Å². The molecule has 0 spiro atoms. The number of amidine groups is 1. The Balaban J connectivity index is 1.57. The van der Waals surface area contributed by atoms with E-state index in [0.29, 0.717) is 6.61 Å². The van der Waals surface area contributed by atoms with E-state index in [9.17, 15) is 0 Å². The Morgan fingerprint density at radius 1 is 1.28 bits per heavy atom. The molecule has 0 bridgehead atoms. The first kappa shape index (κ1) is 18.3. The van der Waals surface area contributed by atoms with Crippen LogP contribution < -0.4 is 4.74 Å². The van der Waals surface area contributed by atoms with Gasteiger partial charge in [-0.1, -0.05) is 6.07 Å². The van der Waals surface area contributed by atoms with Gasteiger partial charge in [-0.05, 0) is 62.8 Å². The van der Waals surface area contributed by atoms with Crippen LogP contribution >= 0.6 is 0 Å². The van der Waals surface area contributed by atoms with Crippen molar-refractivity contribution in [2.45, 2.75) is 39.5 Å². The van der Waals surface area contributed by atoms with Crippen LogP contribution in [-0.2, 0) is 4.74 Å². The fourth-order valence-electron chi connectivity index (χ4n) is 4.48. The molecular weight excluding hydrogens is 364 g/mol. The van der Waals surface area contributed by atoms with Crippen molar-refractivity contribution < 1.29 is 9.47 Å². The number of rotatable bonds is 6. The number of hydrogen-bond acceptors (Lipinski definition) is 6. The Morgan fingerprint density at radius 3 is 2.79 bits per heavy atom. The minimum Gasteiger partial charge on any atom is -0.497 e. The molecule has 1 saturated carbocycles. The third kappa shape index (κ3) is 3.02. The minimum atomic E-state index is 0.0404. The highest BCUT2D eigenvalue weighted by Gasteiger charge is 2.42.